The minimum Gasteiger partial charge on any atom is -0.490 e. The van der Waals surface area contributed by atoms with Crippen LogP contribution in [0.25, 0.3) is 0 Å². The number of hydrogen-bond donors (Lipinski definition) is 1. The molecule has 27 heavy (non-hydrogen) atoms. The number of amides is 1. The average Bonchev–Trinajstić information content (AvgIpc) is 3.21. The predicted molar refractivity (Wildman–Crippen MR) is 100 cm³/mol. The lowest BCUT2D eigenvalue weighted by Crippen LogP contribution is -2.13. The van der Waals surface area contributed by atoms with E-state index < -0.39 is 5.97 Å². The molecule has 1 aromatic heterocycles. The van der Waals surface area contributed by atoms with Gasteiger partial charge in [-0.25, -0.2) is 4.79 Å². The van der Waals surface area contributed by atoms with Crippen molar-refractivity contribution in [3.8, 4) is 5.75 Å². The Kier molecular flexibility index (Phi) is 5.89. The molecule has 1 heterocycles. The van der Waals surface area contributed by atoms with E-state index in [4.69, 9.17) is 13.9 Å². The molecule has 0 unspecified atom stereocenters. The lowest BCUT2D eigenvalue weighted by atomic mass is 10.2. The highest BCUT2D eigenvalue weighted by atomic mass is 16.6. The van der Waals surface area contributed by atoms with Crippen molar-refractivity contribution < 1.29 is 23.5 Å². The van der Waals surface area contributed by atoms with Gasteiger partial charge in [-0.1, -0.05) is 12.1 Å². The zero-order chi connectivity index (χ0) is 19.1. The van der Waals surface area contributed by atoms with Crippen LogP contribution in [-0.4, -0.2) is 25.1 Å². The molecule has 138 valence electrons. The summed E-state index contributed by atoms with van der Waals surface area (Å²) in [5.74, 6) is 0.144. The molecule has 0 bridgehead atoms. The summed E-state index contributed by atoms with van der Waals surface area (Å²) in [6.07, 6.45) is 1.43. The van der Waals surface area contributed by atoms with Crippen molar-refractivity contribution in [3.05, 3.63) is 83.8 Å². The van der Waals surface area contributed by atoms with Gasteiger partial charge in [0.15, 0.2) is 5.76 Å². The standard InChI is InChI=1S/C21H19NO5/c1-15-4-2-5-18(14-15)25-12-13-27-21(24)16-7-9-17(10-8-16)22-20(23)19-6-3-11-26-19/h2-11,14H,12-13H2,1H3,(H,22,23). The maximum absolute atomic E-state index is 12.1. The predicted octanol–water partition coefficient (Wildman–Crippen LogP) is 4.08. The van der Waals surface area contributed by atoms with Gasteiger partial charge in [0, 0.05) is 5.69 Å². The van der Waals surface area contributed by atoms with Gasteiger partial charge in [0.2, 0.25) is 0 Å². The van der Waals surface area contributed by atoms with Crippen LogP contribution in [0.4, 0.5) is 5.69 Å². The number of ether oxygens (including phenoxy) is 2. The van der Waals surface area contributed by atoms with Gasteiger partial charge in [-0.3, -0.25) is 4.79 Å². The molecule has 3 rings (SSSR count). The lowest BCUT2D eigenvalue weighted by Gasteiger charge is -2.08. The molecule has 0 fully saturated rings. The molecule has 1 amide bonds. The molecule has 0 atom stereocenters. The lowest BCUT2D eigenvalue weighted by molar-refractivity contribution is 0.0450. The topological polar surface area (TPSA) is 77.8 Å². The molecule has 6 nitrogen and oxygen atoms in total. The molecule has 0 saturated carbocycles. The van der Waals surface area contributed by atoms with Gasteiger partial charge in [0.1, 0.15) is 19.0 Å². The van der Waals surface area contributed by atoms with Gasteiger partial charge in [-0.15, -0.1) is 0 Å². The van der Waals surface area contributed by atoms with Crippen molar-refractivity contribution in [1.82, 2.24) is 0 Å². The fourth-order valence-corrected chi connectivity index (χ4v) is 2.37. The van der Waals surface area contributed by atoms with E-state index in [1.54, 1.807) is 36.4 Å². The van der Waals surface area contributed by atoms with Crippen LogP contribution in [0, 0.1) is 6.92 Å². The van der Waals surface area contributed by atoms with Crippen LogP contribution in [-0.2, 0) is 4.74 Å². The van der Waals surface area contributed by atoms with Crippen LogP contribution < -0.4 is 10.1 Å². The van der Waals surface area contributed by atoms with E-state index in [9.17, 15) is 9.59 Å². The summed E-state index contributed by atoms with van der Waals surface area (Å²) in [5, 5.41) is 2.68. The van der Waals surface area contributed by atoms with Gasteiger partial charge in [0.25, 0.3) is 5.91 Å². The molecule has 1 N–H and O–H groups in total. The highest BCUT2D eigenvalue weighted by Gasteiger charge is 2.10. The number of hydrogen-bond acceptors (Lipinski definition) is 5. The first-order valence-corrected chi connectivity index (χ1v) is 8.43. The molecule has 3 aromatic rings. The van der Waals surface area contributed by atoms with Crippen molar-refractivity contribution in [2.45, 2.75) is 6.92 Å². The van der Waals surface area contributed by atoms with Crippen LogP contribution in [0.2, 0.25) is 0 Å². The Morgan fingerprint density at radius 1 is 1.00 bits per heavy atom. The van der Waals surface area contributed by atoms with E-state index in [0.717, 1.165) is 11.3 Å². The van der Waals surface area contributed by atoms with Crippen molar-refractivity contribution in [2.75, 3.05) is 18.5 Å². The van der Waals surface area contributed by atoms with Gasteiger partial charge in [0.05, 0.1) is 11.8 Å². The monoisotopic (exact) mass is 365 g/mol. The van der Waals surface area contributed by atoms with E-state index in [1.165, 1.54) is 6.26 Å². The molecule has 0 aliphatic rings. The Balaban J connectivity index is 1.45. The van der Waals surface area contributed by atoms with Crippen LogP contribution in [0.1, 0.15) is 26.5 Å². The maximum atomic E-state index is 12.1. The van der Waals surface area contributed by atoms with E-state index in [0.29, 0.717) is 11.3 Å². The van der Waals surface area contributed by atoms with E-state index in [1.807, 2.05) is 31.2 Å². The van der Waals surface area contributed by atoms with Crippen LogP contribution in [0.3, 0.4) is 0 Å². The number of aryl methyl sites for hydroxylation is 1. The summed E-state index contributed by atoms with van der Waals surface area (Å²) in [4.78, 5) is 23.9. The Bertz CT molecular complexity index is 901. The molecule has 0 spiro atoms. The molecule has 0 radical (unpaired) electrons. The highest BCUT2D eigenvalue weighted by Crippen LogP contribution is 2.14. The minimum absolute atomic E-state index is 0.143. The summed E-state index contributed by atoms with van der Waals surface area (Å²) < 4.78 is 15.8. The molecular weight excluding hydrogens is 346 g/mol. The van der Waals surface area contributed by atoms with Gasteiger partial charge in [-0.2, -0.15) is 0 Å². The Labute approximate surface area is 156 Å². The third-order valence-corrected chi connectivity index (χ3v) is 3.70. The molecule has 0 saturated heterocycles. The fraction of sp³-hybridized carbons (Fsp3) is 0.143. The van der Waals surface area contributed by atoms with Crippen molar-refractivity contribution in [2.24, 2.45) is 0 Å². The zero-order valence-corrected chi connectivity index (χ0v) is 14.8. The van der Waals surface area contributed by atoms with Crippen molar-refractivity contribution >= 4 is 17.6 Å². The van der Waals surface area contributed by atoms with Gasteiger partial charge in [-0.05, 0) is 61.0 Å². The third-order valence-electron chi connectivity index (χ3n) is 3.70. The van der Waals surface area contributed by atoms with Crippen molar-refractivity contribution in [1.29, 1.82) is 0 Å². The normalized spacial score (nSPS) is 10.3. The van der Waals surface area contributed by atoms with E-state index >= 15 is 0 Å². The first-order valence-electron chi connectivity index (χ1n) is 8.43. The summed E-state index contributed by atoms with van der Waals surface area (Å²) in [6.45, 7) is 2.39. The van der Waals surface area contributed by atoms with Crippen LogP contribution in [0.15, 0.2) is 71.3 Å². The second kappa shape index (κ2) is 8.71. The second-order valence-electron chi connectivity index (χ2n) is 5.81. The number of furan rings is 1. The molecule has 0 aliphatic heterocycles. The molecule has 2 aromatic carbocycles. The minimum atomic E-state index is -0.452. The van der Waals surface area contributed by atoms with Crippen molar-refractivity contribution in [3.63, 3.8) is 0 Å². The molecule has 0 aliphatic carbocycles. The van der Waals surface area contributed by atoms with Gasteiger partial charge >= 0.3 is 5.97 Å². The quantitative estimate of drug-likeness (QED) is 0.504. The summed E-state index contributed by atoms with van der Waals surface area (Å²) >= 11 is 0. The SMILES string of the molecule is Cc1cccc(OCCOC(=O)c2ccc(NC(=O)c3ccco3)cc2)c1. The summed E-state index contributed by atoms with van der Waals surface area (Å²) in [5.41, 5.74) is 2.04. The number of carbonyl (C=O) groups is 2. The number of esters is 1. The number of rotatable bonds is 7. The van der Waals surface area contributed by atoms with Crippen LogP contribution in [0.5, 0.6) is 5.75 Å². The third kappa shape index (κ3) is 5.22. The average molecular weight is 365 g/mol. The molecular formula is C21H19NO5. The van der Waals surface area contributed by atoms with E-state index in [2.05, 4.69) is 5.32 Å². The molecule has 6 heteroatoms. The van der Waals surface area contributed by atoms with E-state index in [-0.39, 0.29) is 24.9 Å². The first-order chi connectivity index (χ1) is 13.1. The maximum Gasteiger partial charge on any atom is 0.338 e. The Morgan fingerprint density at radius 2 is 1.81 bits per heavy atom. The number of carbonyl (C=O) groups excluding carboxylic acids is 2. The fourth-order valence-electron chi connectivity index (χ4n) is 2.37. The number of benzene rings is 2. The smallest absolute Gasteiger partial charge is 0.338 e. The highest BCUT2D eigenvalue weighted by molar-refractivity contribution is 6.02. The summed E-state index contributed by atoms with van der Waals surface area (Å²) in [7, 11) is 0. The van der Waals surface area contributed by atoms with Gasteiger partial charge < -0.3 is 19.2 Å². The zero-order valence-electron chi connectivity index (χ0n) is 14.8. The summed E-state index contributed by atoms with van der Waals surface area (Å²) in [6, 6.07) is 17.3. The van der Waals surface area contributed by atoms with Crippen LogP contribution >= 0.6 is 0 Å². The Hall–Kier alpha value is -3.54. The second-order valence-corrected chi connectivity index (χ2v) is 5.81. The number of nitrogens with one attached hydrogen (secondary N) is 1. The first kappa shape index (κ1) is 18.3. The number of anilines is 1. The largest absolute Gasteiger partial charge is 0.490 e. The Morgan fingerprint density at radius 3 is 2.52 bits per heavy atom.